The summed E-state index contributed by atoms with van der Waals surface area (Å²) in [5.74, 6) is 0.972. The van der Waals surface area contributed by atoms with Gasteiger partial charge in [0.1, 0.15) is 5.75 Å². The van der Waals surface area contributed by atoms with Gasteiger partial charge < -0.3 is 4.74 Å². The van der Waals surface area contributed by atoms with Crippen LogP contribution in [-0.2, 0) is 0 Å². The first-order valence-electron chi connectivity index (χ1n) is 5.84. The van der Waals surface area contributed by atoms with Crippen LogP contribution in [0, 0.1) is 20.8 Å². The maximum Gasteiger partial charge on any atom is 0.129 e. The second-order valence-electron chi connectivity index (χ2n) is 4.53. The molecule has 0 aliphatic heterocycles. The predicted octanol–water partition coefficient (Wildman–Crippen LogP) is 4.29. The van der Waals surface area contributed by atoms with Crippen LogP contribution in [0.5, 0.6) is 5.75 Å². The summed E-state index contributed by atoms with van der Waals surface area (Å²) in [5, 5.41) is 0. The van der Waals surface area contributed by atoms with Crippen LogP contribution in [0.15, 0.2) is 36.4 Å². The molecular formula is C16H18O. The van der Waals surface area contributed by atoms with Crippen LogP contribution < -0.4 is 4.74 Å². The Kier molecular flexibility index (Phi) is 3.19. The van der Waals surface area contributed by atoms with Crippen LogP contribution in [0.3, 0.4) is 0 Å². The van der Waals surface area contributed by atoms with Crippen molar-refractivity contribution < 1.29 is 4.74 Å². The Morgan fingerprint density at radius 1 is 0.824 bits per heavy atom. The molecule has 0 saturated heterocycles. The van der Waals surface area contributed by atoms with E-state index >= 15 is 0 Å². The second kappa shape index (κ2) is 4.62. The summed E-state index contributed by atoms with van der Waals surface area (Å²) in [6.45, 7) is 6.30. The van der Waals surface area contributed by atoms with Crippen molar-refractivity contribution in [3.05, 3.63) is 53.1 Å². The smallest absolute Gasteiger partial charge is 0.129 e. The van der Waals surface area contributed by atoms with Crippen molar-refractivity contribution in [2.45, 2.75) is 20.8 Å². The molecule has 0 fully saturated rings. The highest BCUT2D eigenvalue weighted by atomic mass is 16.5. The molecule has 0 amide bonds. The Hall–Kier alpha value is -1.76. The summed E-state index contributed by atoms with van der Waals surface area (Å²) in [6, 6.07) is 12.9. The third-order valence-corrected chi connectivity index (χ3v) is 2.99. The molecule has 0 unspecified atom stereocenters. The van der Waals surface area contributed by atoms with Gasteiger partial charge in [0.05, 0.1) is 7.11 Å². The van der Waals surface area contributed by atoms with Crippen LogP contribution in [-0.4, -0.2) is 7.11 Å². The van der Waals surface area contributed by atoms with Gasteiger partial charge in [-0.15, -0.1) is 0 Å². The van der Waals surface area contributed by atoms with Gasteiger partial charge in [0.2, 0.25) is 0 Å². The summed E-state index contributed by atoms with van der Waals surface area (Å²) in [5.41, 5.74) is 6.10. The Morgan fingerprint density at radius 3 is 2.06 bits per heavy atom. The molecule has 1 heteroatoms. The van der Waals surface area contributed by atoms with E-state index in [4.69, 9.17) is 4.74 Å². The third kappa shape index (κ3) is 2.33. The van der Waals surface area contributed by atoms with Crippen LogP contribution in [0.1, 0.15) is 16.7 Å². The van der Waals surface area contributed by atoms with Crippen molar-refractivity contribution in [2.75, 3.05) is 7.11 Å². The van der Waals surface area contributed by atoms with Gasteiger partial charge in [0.25, 0.3) is 0 Å². The lowest BCUT2D eigenvalue weighted by atomic mass is 9.98. The topological polar surface area (TPSA) is 9.23 Å². The van der Waals surface area contributed by atoms with E-state index in [9.17, 15) is 0 Å². The number of hydrogen-bond donors (Lipinski definition) is 0. The molecule has 0 heterocycles. The van der Waals surface area contributed by atoms with E-state index in [2.05, 4.69) is 57.2 Å². The van der Waals surface area contributed by atoms with Gasteiger partial charge >= 0.3 is 0 Å². The van der Waals surface area contributed by atoms with Crippen LogP contribution in [0.4, 0.5) is 0 Å². The van der Waals surface area contributed by atoms with E-state index < -0.39 is 0 Å². The van der Waals surface area contributed by atoms with Crippen LogP contribution >= 0.6 is 0 Å². The molecule has 0 spiro atoms. The molecule has 2 aromatic rings. The van der Waals surface area contributed by atoms with E-state index in [1.807, 2.05) is 0 Å². The summed E-state index contributed by atoms with van der Waals surface area (Å²) < 4.78 is 5.52. The minimum atomic E-state index is 0.972. The maximum atomic E-state index is 5.52. The van der Waals surface area contributed by atoms with Crippen molar-refractivity contribution in [3.8, 4) is 16.9 Å². The van der Waals surface area contributed by atoms with Crippen LogP contribution in [0.2, 0.25) is 0 Å². The van der Waals surface area contributed by atoms with Gasteiger partial charge in [-0.3, -0.25) is 0 Å². The number of ether oxygens (including phenoxy) is 1. The van der Waals surface area contributed by atoms with Crippen molar-refractivity contribution in [2.24, 2.45) is 0 Å². The summed E-state index contributed by atoms with van der Waals surface area (Å²) in [6.07, 6.45) is 0. The molecule has 0 atom stereocenters. The van der Waals surface area contributed by atoms with Crippen molar-refractivity contribution in [1.29, 1.82) is 0 Å². The summed E-state index contributed by atoms with van der Waals surface area (Å²) >= 11 is 0. The number of aryl methyl sites for hydroxylation is 3. The molecule has 1 nitrogen and oxygen atoms in total. The average Bonchev–Trinajstić information content (AvgIpc) is 2.29. The lowest BCUT2D eigenvalue weighted by Gasteiger charge is -2.13. The molecule has 0 N–H and O–H groups in total. The molecule has 17 heavy (non-hydrogen) atoms. The van der Waals surface area contributed by atoms with E-state index in [0.717, 1.165) is 5.75 Å². The SMILES string of the molecule is COc1c(C)cc(C)cc1-c1ccc(C)cc1. The van der Waals surface area contributed by atoms with Gasteiger partial charge in [0.15, 0.2) is 0 Å². The minimum Gasteiger partial charge on any atom is -0.496 e. The minimum absolute atomic E-state index is 0.972. The summed E-state index contributed by atoms with van der Waals surface area (Å²) in [7, 11) is 1.73. The molecule has 0 radical (unpaired) electrons. The first kappa shape index (κ1) is 11.7. The monoisotopic (exact) mass is 226 g/mol. The lowest BCUT2D eigenvalue weighted by molar-refractivity contribution is 0.413. The Bertz CT molecular complexity index is 524. The Morgan fingerprint density at radius 2 is 1.47 bits per heavy atom. The fourth-order valence-corrected chi connectivity index (χ4v) is 2.17. The molecule has 0 saturated carbocycles. The highest BCUT2D eigenvalue weighted by Crippen LogP contribution is 2.34. The summed E-state index contributed by atoms with van der Waals surface area (Å²) in [4.78, 5) is 0. The van der Waals surface area contributed by atoms with E-state index in [0.29, 0.717) is 0 Å². The zero-order chi connectivity index (χ0) is 12.4. The van der Waals surface area contributed by atoms with Crippen molar-refractivity contribution in [1.82, 2.24) is 0 Å². The van der Waals surface area contributed by atoms with Gasteiger partial charge in [-0.25, -0.2) is 0 Å². The van der Waals surface area contributed by atoms with E-state index in [-0.39, 0.29) is 0 Å². The quantitative estimate of drug-likeness (QED) is 0.742. The largest absolute Gasteiger partial charge is 0.496 e. The first-order valence-corrected chi connectivity index (χ1v) is 5.84. The predicted molar refractivity (Wildman–Crippen MR) is 72.6 cm³/mol. The van der Waals surface area contributed by atoms with Gasteiger partial charge in [-0.05, 0) is 43.5 Å². The molecule has 88 valence electrons. The lowest BCUT2D eigenvalue weighted by Crippen LogP contribution is -1.92. The fraction of sp³-hybridized carbons (Fsp3) is 0.250. The highest BCUT2D eigenvalue weighted by molar-refractivity contribution is 5.73. The number of methoxy groups -OCH3 is 1. The maximum absolute atomic E-state index is 5.52. The normalized spacial score (nSPS) is 10.4. The molecule has 0 aromatic heterocycles. The average molecular weight is 226 g/mol. The zero-order valence-corrected chi connectivity index (χ0v) is 10.9. The molecule has 0 aliphatic rings. The van der Waals surface area contributed by atoms with Gasteiger partial charge in [-0.1, -0.05) is 35.9 Å². The zero-order valence-electron chi connectivity index (χ0n) is 10.9. The highest BCUT2D eigenvalue weighted by Gasteiger charge is 2.09. The number of benzene rings is 2. The Labute approximate surface area is 103 Å². The van der Waals surface area contributed by atoms with Crippen LogP contribution in [0.25, 0.3) is 11.1 Å². The first-order chi connectivity index (χ1) is 8.11. The fourth-order valence-electron chi connectivity index (χ4n) is 2.17. The van der Waals surface area contributed by atoms with Crippen molar-refractivity contribution in [3.63, 3.8) is 0 Å². The standard InChI is InChI=1S/C16H18O/c1-11-5-7-14(8-6-11)15-10-12(2)9-13(3)16(15)17-4/h5-10H,1-4H3. The molecule has 0 bridgehead atoms. The number of hydrogen-bond acceptors (Lipinski definition) is 1. The second-order valence-corrected chi connectivity index (χ2v) is 4.53. The molecule has 2 aromatic carbocycles. The molecular weight excluding hydrogens is 208 g/mol. The number of rotatable bonds is 2. The molecule has 2 rings (SSSR count). The van der Waals surface area contributed by atoms with Crippen molar-refractivity contribution >= 4 is 0 Å². The van der Waals surface area contributed by atoms with E-state index in [1.54, 1.807) is 7.11 Å². The van der Waals surface area contributed by atoms with Gasteiger partial charge in [0, 0.05) is 5.56 Å². The van der Waals surface area contributed by atoms with E-state index in [1.165, 1.54) is 27.8 Å². The van der Waals surface area contributed by atoms with Gasteiger partial charge in [-0.2, -0.15) is 0 Å². The molecule has 0 aliphatic carbocycles. The Balaban J connectivity index is 2.61. The third-order valence-electron chi connectivity index (χ3n) is 2.99.